The van der Waals surface area contributed by atoms with Gasteiger partial charge in [0, 0.05) is 7.05 Å². The van der Waals surface area contributed by atoms with E-state index >= 15 is 0 Å². The average molecular weight is 324 g/mol. The van der Waals surface area contributed by atoms with Gasteiger partial charge in [-0.3, -0.25) is 14.5 Å². The van der Waals surface area contributed by atoms with Crippen LogP contribution in [0.3, 0.4) is 0 Å². The summed E-state index contributed by atoms with van der Waals surface area (Å²) in [5.41, 5.74) is 0. The molecule has 0 saturated carbocycles. The molecule has 23 heavy (non-hydrogen) atoms. The van der Waals surface area contributed by atoms with Gasteiger partial charge in [0.1, 0.15) is 12.6 Å². The van der Waals surface area contributed by atoms with Crippen molar-refractivity contribution in [3.8, 4) is 5.75 Å². The van der Waals surface area contributed by atoms with Crippen LogP contribution >= 0.6 is 0 Å². The topological polar surface area (TPSA) is 70.1 Å². The lowest BCUT2D eigenvalue weighted by atomic mass is 10.2. The van der Waals surface area contributed by atoms with Crippen LogP contribution in [0.4, 0.5) is 4.39 Å². The third-order valence-electron chi connectivity index (χ3n) is 3.93. The molecule has 1 aliphatic rings. The number of benzene rings is 1. The second-order valence-electron chi connectivity index (χ2n) is 5.56. The van der Waals surface area contributed by atoms with Crippen LogP contribution < -0.4 is 4.74 Å². The van der Waals surface area contributed by atoms with Crippen molar-refractivity contribution in [2.45, 2.75) is 18.9 Å². The summed E-state index contributed by atoms with van der Waals surface area (Å²) in [4.78, 5) is 26.4. The van der Waals surface area contributed by atoms with Crippen molar-refractivity contribution in [3.05, 3.63) is 30.1 Å². The largest absolute Gasteiger partial charge is 0.489 e. The quantitative estimate of drug-likeness (QED) is 0.816. The number of para-hydroxylation sites is 1. The first kappa shape index (κ1) is 17.2. The molecule has 1 aromatic carbocycles. The molecule has 0 spiro atoms. The first-order valence-corrected chi connectivity index (χ1v) is 7.57. The monoisotopic (exact) mass is 324 g/mol. The molecule has 0 bridgehead atoms. The zero-order chi connectivity index (χ0) is 16.8. The van der Waals surface area contributed by atoms with E-state index in [1.165, 1.54) is 17.0 Å². The Balaban J connectivity index is 1.77. The Morgan fingerprint density at radius 3 is 2.87 bits per heavy atom. The number of hydrogen-bond acceptors (Lipinski definition) is 4. The lowest BCUT2D eigenvalue weighted by molar-refractivity contribution is -0.143. The zero-order valence-electron chi connectivity index (χ0n) is 13.1. The summed E-state index contributed by atoms with van der Waals surface area (Å²) in [7, 11) is 1.62. The van der Waals surface area contributed by atoms with E-state index in [2.05, 4.69) is 0 Å². The molecule has 1 atom stereocenters. The SMILES string of the molecule is CN(CCOc1ccccc1F)C(=O)CN1CCC[C@@H]1C(=O)O. The number of ether oxygens (including phenoxy) is 1. The van der Waals surface area contributed by atoms with E-state index in [1.807, 2.05) is 0 Å². The fourth-order valence-corrected chi connectivity index (χ4v) is 2.57. The van der Waals surface area contributed by atoms with Gasteiger partial charge in [-0.2, -0.15) is 0 Å². The third kappa shape index (κ3) is 4.66. The predicted molar refractivity (Wildman–Crippen MR) is 81.8 cm³/mol. The molecule has 1 aromatic rings. The van der Waals surface area contributed by atoms with E-state index in [9.17, 15) is 14.0 Å². The molecule has 0 aromatic heterocycles. The Morgan fingerprint density at radius 2 is 2.17 bits per heavy atom. The highest BCUT2D eigenvalue weighted by atomic mass is 19.1. The van der Waals surface area contributed by atoms with E-state index in [0.29, 0.717) is 19.5 Å². The van der Waals surface area contributed by atoms with E-state index < -0.39 is 17.8 Å². The molecular weight excluding hydrogens is 303 g/mol. The average Bonchev–Trinajstić information content (AvgIpc) is 2.97. The fourth-order valence-electron chi connectivity index (χ4n) is 2.57. The molecule has 126 valence electrons. The molecule has 1 N–H and O–H groups in total. The van der Waals surface area contributed by atoms with Crippen molar-refractivity contribution in [1.82, 2.24) is 9.80 Å². The number of carboxylic acids is 1. The number of carbonyl (C=O) groups is 2. The maximum atomic E-state index is 13.4. The number of halogens is 1. The molecule has 0 unspecified atom stereocenters. The van der Waals surface area contributed by atoms with Crippen molar-refractivity contribution in [1.29, 1.82) is 0 Å². The number of aliphatic carboxylic acids is 1. The molecule has 6 nitrogen and oxygen atoms in total. The first-order chi connectivity index (χ1) is 11.0. The van der Waals surface area contributed by atoms with Crippen LogP contribution in [-0.4, -0.2) is 66.1 Å². The molecule has 0 radical (unpaired) electrons. The standard InChI is InChI=1S/C16H21FN2O4/c1-18(9-10-23-14-7-3-2-5-12(14)17)15(20)11-19-8-4-6-13(19)16(21)22/h2-3,5,7,13H,4,6,8-11H2,1H3,(H,21,22)/t13-/m1/s1. The number of carboxylic acid groups (broad SMARTS) is 1. The number of hydrogen-bond donors (Lipinski definition) is 1. The highest BCUT2D eigenvalue weighted by Gasteiger charge is 2.32. The van der Waals surface area contributed by atoms with Crippen molar-refractivity contribution < 1.29 is 23.8 Å². The smallest absolute Gasteiger partial charge is 0.320 e. The summed E-state index contributed by atoms with van der Waals surface area (Å²) in [5.74, 6) is -1.35. The van der Waals surface area contributed by atoms with Crippen LogP contribution in [0.2, 0.25) is 0 Å². The number of amides is 1. The van der Waals surface area contributed by atoms with Crippen molar-refractivity contribution in [3.63, 3.8) is 0 Å². The van der Waals surface area contributed by atoms with E-state index in [0.717, 1.165) is 6.42 Å². The van der Waals surface area contributed by atoms with Gasteiger partial charge in [0.15, 0.2) is 11.6 Å². The Hall–Kier alpha value is -2.15. The molecule has 7 heteroatoms. The molecular formula is C16H21FN2O4. The lowest BCUT2D eigenvalue weighted by Gasteiger charge is -2.24. The predicted octanol–water partition coefficient (Wildman–Crippen LogP) is 1.21. The van der Waals surface area contributed by atoms with Gasteiger partial charge < -0.3 is 14.7 Å². The molecule has 0 aliphatic carbocycles. The highest BCUT2D eigenvalue weighted by Crippen LogP contribution is 2.17. The number of carbonyl (C=O) groups excluding carboxylic acids is 1. The zero-order valence-corrected chi connectivity index (χ0v) is 13.1. The van der Waals surface area contributed by atoms with Gasteiger partial charge in [-0.05, 0) is 31.5 Å². The molecule has 1 heterocycles. The summed E-state index contributed by atoms with van der Waals surface area (Å²) in [5, 5.41) is 9.11. The molecule has 1 saturated heterocycles. The van der Waals surface area contributed by atoms with Crippen LogP contribution in [0.15, 0.2) is 24.3 Å². The molecule has 1 fully saturated rings. The highest BCUT2D eigenvalue weighted by molar-refractivity contribution is 5.80. The number of likely N-dealkylation sites (tertiary alicyclic amines) is 1. The molecule has 1 aliphatic heterocycles. The Bertz CT molecular complexity index is 567. The van der Waals surface area contributed by atoms with E-state index in [4.69, 9.17) is 9.84 Å². The van der Waals surface area contributed by atoms with Gasteiger partial charge in [0.05, 0.1) is 13.1 Å². The van der Waals surface area contributed by atoms with E-state index in [1.54, 1.807) is 24.1 Å². The van der Waals surface area contributed by atoms with E-state index in [-0.39, 0.29) is 24.8 Å². The number of nitrogens with zero attached hydrogens (tertiary/aromatic N) is 2. The van der Waals surface area contributed by atoms with Crippen LogP contribution in [0.1, 0.15) is 12.8 Å². The van der Waals surface area contributed by atoms with Crippen LogP contribution in [0.25, 0.3) is 0 Å². The molecule has 2 rings (SSSR count). The second kappa shape index (κ2) is 7.92. The van der Waals surface area contributed by atoms with Gasteiger partial charge >= 0.3 is 5.97 Å². The second-order valence-corrected chi connectivity index (χ2v) is 5.56. The number of likely N-dealkylation sites (N-methyl/N-ethyl adjacent to an activating group) is 1. The van der Waals surface area contributed by atoms with Gasteiger partial charge in [0.2, 0.25) is 5.91 Å². The van der Waals surface area contributed by atoms with Crippen molar-refractivity contribution in [2.24, 2.45) is 0 Å². The van der Waals surface area contributed by atoms with Gasteiger partial charge in [-0.1, -0.05) is 12.1 Å². The van der Waals surface area contributed by atoms with Crippen LogP contribution in [0.5, 0.6) is 5.75 Å². The Morgan fingerprint density at radius 1 is 1.43 bits per heavy atom. The summed E-state index contributed by atoms with van der Waals surface area (Å²) < 4.78 is 18.7. The van der Waals surface area contributed by atoms with Crippen molar-refractivity contribution in [2.75, 3.05) is 33.3 Å². The summed E-state index contributed by atoms with van der Waals surface area (Å²) in [6, 6.07) is 5.50. The van der Waals surface area contributed by atoms with Crippen LogP contribution in [0, 0.1) is 5.82 Å². The number of rotatable bonds is 7. The minimum Gasteiger partial charge on any atom is -0.489 e. The maximum absolute atomic E-state index is 13.4. The van der Waals surface area contributed by atoms with Crippen molar-refractivity contribution >= 4 is 11.9 Å². The summed E-state index contributed by atoms with van der Waals surface area (Å²) in [6.07, 6.45) is 1.35. The summed E-state index contributed by atoms with van der Waals surface area (Å²) in [6.45, 7) is 1.17. The maximum Gasteiger partial charge on any atom is 0.320 e. The Labute approximate surface area is 134 Å². The fraction of sp³-hybridized carbons (Fsp3) is 0.500. The van der Waals surface area contributed by atoms with Gasteiger partial charge in [-0.15, -0.1) is 0 Å². The molecule has 1 amide bonds. The first-order valence-electron chi connectivity index (χ1n) is 7.57. The minimum atomic E-state index is -0.888. The Kier molecular flexibility index (Phi) is 5.92. The van der Waals surface area contributed by atoms with Gasteiger partial charge in [0.25, 0.3) is 0 Å². The van der Waals surface area contributed by atoms with Crippen LogP contribution in [-0.2, 0) is 9.59 Å². The summed E-state index contributed by atoms with van der Waals surface area (Å²) >= 11 is 0. The normalized spacial score (nSPS) is 17.9. The third-order valence-corrected chi connectivity index (χ3v) is 3.93. The minimum absolute atomic E-state index is 0.0766. The lowest BCUT2D eigenvalue weighted by Crippen LogP contribution is -2.44. The van der Waals surface area contributed by atoms with Gasteiger partial charge in [-0.25, -0.2) is 4.39 Å².